The number of amides is 1. The van der Waals surface area contributed by atoms with E-state index in [4.69, 9.17) is 4.74 Å². The number of aromatic nitrogens is 4. The number of carbonyl (C=O) groups is 1. The number of ether oxygens (including phenoxy) is 1. The van der Waals surface area contributed by atoms with Gasteiger partial charge in [-0.2, -0.15) is 5.10 Å². The van der Waals surface area contributed by atoms with Crippen LogP contribution in [0.5, 0.6) is 5.75 Å². The van der Waals surface area contributed by atoms with Crippen molar-refractivity contribution in [1.82, 2.24) is 25.3 Å². The van der Waals surface area contributed by atoms with Crippen molar-refractivity contribution < 1.29 is 9.53 Å². The first kappa shape index (κ1) is 18.4. The van der Waals surface area contributed by atoms with Gasteiger partial charge in [0.2, 0.25) is 0 Å². The molecule has 0 bridgehead atoms. The average Bonchev–Trinajstić information content (AvgIpc) is 3.12. The third-order valence-electron chi connectivity index (χ3n) is 3.76. The monoisotopic (exact) mass is 366 g/mol. The van der Waals surface area contributed by atoms with Gasteiger partial charge in [0.1, 0.15) is 11.6 Å². The quantitative estimate of drug-likeness (QED) is 0.592. The molecule has 0 aliphatic rings. The minimum Gasteiger partial charge on any atom is -0.481 e. The maximum absolute atomic E-state index is 12.1. The number of para-hydroxylation sites is 1. The Morgan fingerprint density at radius 1 is 1.11 bits per heavy atom. The summed E-state index contributed by atoms with van der Waals surface area (Å²) >= 11 is 0. The molecule has 27 heavy (non-hydrogen) atoms. The Bertz CT molecular complexity index is 863. The van der Waals surface area contributed by atoms with E-state index >= 15 is 0 Å². The molecule has 3 rings (SSSR count). The van der Waals surface area contributed by atoms with E-state index in [1.807, 2.05) is 61.7 Å². The Labute approximate surface area is 157 Å². The lowest BCUT2D eigenvalue weighted by Gasteiger charge is -2.14. The van der Waals surface area contributed by atoms with Crippen LogP contribution in [0, 0.1) is 6.92 Å². The maximum atomic E-state index is 12.1. The van der Waals surface area contributed by atoms with Crippen LogP contribution >= 0.6 is 0 Å². The second-order valence-electron chi connectivity index (χ2n) is 5.97. The molecule has 0 aliphatic heterocycles. The molecule has 8 heteroatoms. The van der Waals surface area contributed by atoms with Gasteiger partial charge in [-0.05, 0) is 44.2 Å². The topological polar surface area (TPSA) is 94.0 Å². The zero-order chi connectivity index (χ0) is 19.1. The van der Waals surface area contributed by atoms with E-state index in [-0.39, 0.29) is 5.91 Å². The Kier molecular flexibility index (Phi) is 5.98. The first-order valence-electron chi connectivity index (χ1n) is 8.71. The zero-order valence-electron chi connectivity index (χ0n) is 15.3. The average molecular weight is 366 g/mol. The highest BCUT2D eigenvalue weighted by Gasteiger charge is 2.13. The van der Waals surface area contributed by atoms with E-state index in [2.05, 4.69) is 25.9 Å². The van der Waals surface area contributed by atoms with Gasteiger partial charge in [-0.1, -0.05) is 18.2 Å². The lowest BCUT2D eigenvalue weighted by molar-refractivity contribution is -0.127. The number of nitrogens with zero attached hydrogens (tertiary/aromatic N) is 4. The molecule has 3 aromatic rings. The van der Waals surface area contributed by atoms with Crippen molar-refractivity contribution >= 4 is 11.7 Å². The molecule has 0 saturated heterocycles. The minimum absolute atomic E-state index is 0.170. The number of hydrogen-bond donors (Lipinski definition) is 2. The molecular weight excluding hydrogens is 344 g/mol. The fraction of sp³-hybridized carbons (Fsp3) is 0.263. The molecule has 0 saturated carbocycles. The fourth-order valence-corrected chi connectivity index (χ4v) is 2.36. The van der Waals surface area contributed by atoms with Gasteiger partial charge in [0.05, 0.1) is 5.69 Å². The van der Waals surface area contributed by atoms with E-state index in [1.54, 1.807) is 11.6 Å². The molecular formula is C19H22N6O2. The van der Waals surface area contributed by atoms with Crippen molar-refractivity contribution in [3.63, 3.8) is 0 Å². The Balaban J connectivity index is 1.40. The standard InChI is InChI=1S/C19H22N6O2/c1-14-10-13-25(24-14)18-9-8-17(22-23-18)20-11-12-21-19(26)15(2)27-16-6-4-3-5-7-16/h3-10,13,15H,11-12H2,1-2H3,(H,20,22)(H,21,26). The van der Waals surface area contributed by atoms with Crippen LogP contribution in [-0.2, 0) is 4.79 Å². The summed E-state index contributed by atoms with van der Waals surface area (Å²) in [5.74, 6) is 1.77. The van der Waals surface area contributed by atoms with Gasteiger partial charge in [0.15, 0.2) is 11.9 Å². The van der Waals surface area contributed by atoms with Crippen molar-refractivity contribution in [3.8, 4) is 11.6 Å². The van der Waals surface area contributed by atoms with Gasteiger partial charge in [-0.3, -0.25) is 4.79 Å². The van der Waals surface area contributed by atoms with Crippen LogP contribution in [-0.4, -0.2) is 45.1 Å². The van der Waals surface area contributed by atoms with Gasteiger partial charge >= 0.3 is 0 Å². The molecule has 2 aromatic heterocycles. The van der Waals surface area contributed by atoms with Crippen LogP contribution in [0.1, 0.15) is 12.6 Å². The second-order valence-corrected chi connectivity index (χ2v) is 5.97. The molecule has 2 N–H and O–H groups in total. The highest BCUT2D eigenvalue weighted by molar-refractivity contribution is 5.80. The van der Waals surface area contributed by atoms with Gasteiger partial charge in [0, 0.05) is 19.3 Å². The number of aryl methyl sites for hydroxylation is 1. The van der Waals surface area contributed by atoms with Crippen molar-refractivity contribution in [2.45, 2.75) is 20.0 Å². The van der Waals surface area contributed by atoms with Crippen molar-refractivity contribution in [1.29, 1.82) is 0 Å². The van der Waals surface area contributed by atoms with E-state index in [9.17, 15) is 4.79 Å². The number of hydrogen-bond acceptors (Lipinski definition) is 6. The second kappa shape index (κ2) is 8.79. The van der Waals surface area contributed by atoms with Crippen LogP contribution in [0.4, 0.5) is 5.82 Å². The van der Waals surface area contributed by atoms with Crippen molar-refractivity contribution in [3.05, 3.63) is 60.4 Å². The van der Waals surface area contributed by atoms with E-state index < -0.39 is 6.10 Å². The van der Waals surface area contributed by atoms with Crippen molar-refractivity contribution in [2.75, 3.05) is 18.4 Å². The number of rotatable bonds is 8. The van der Waals surface area contributed by atoms with Gasteiger partial charge in [0.25, 0.3) is 5.91 Å². The van der Waals surface area contributed by atoms with Gasteiger partial charge in [-0.25, -0.2) is 4.68 Å². The molecule has 8 nitrogen and oxygen atoms in total. The van der Waals surface area contributed by atoms with Crippen LogP contribution in [0.25, 0.3) is 5.82 Å². The molecule has 0 aliphatic carbocycles. The summed E-state index contributed by atoms with van der Waals surface area (Å²) < 4.78 is 7.25. The van der Waals surface area contributed by atoms with Gasteiger partial charge in [-0.15, -0.1) is 10.2 Å². The summed E-state index contributed by atoms with van der Waals surface area (Å²) in [6, 6.07) is 14.8. The number of carbonyl (C=O) groups excluding carboxylic acids is 1. The summed E-state index contributed by atoms with van der Waals surface area (Å²) in [7, 11) is 0. The van der Waals surface area contributed by atoms with Crippen LogP contribution in [0.2, 0.25) is 0 Å². The third kappa shape index (κ3) is 5.27. The summed E-state index contributed by atoms with van der Waals surface area (Å²) in [4.78, 5) is 12.1. The molecule has 0 radical (unpaired) electrons. The van der Waals surface area contributed by atoms with Crippen LogP contribution in [0.15, 0.2) is 54.7 Å². The fourth-order valence-electron chi connectivity index (χ4n) is 2.36. The summed E-state index contributed by atoms with van der Waals surface area (Å²) in [6.07, 6.45) is 1.27. The molecule has 1 atom stereocenters. The largest absolute Gasteiger partial charge is 0.481 e. The van der Waals surface area contributed by atoms with Crippen LogP contribution < -0.4 is 15.4 Å². The van der Waals surface area contributed by atoms with Gasteiger partial charge < -0.3 is 15.4 Å². The molecule has 1 amide bonds. The molecule has 0 fully saturated rings. The number of anilines is 1. The normalized spacial score (nSPS) is 11.6. The summed E-state index contributed by atoms with van der Waals surface area (Å²) in [6.45, 7) is 4.61. The first-order chi connectivity index (χ1) is 13.1. The SMILES string of the molecule is Cc1ccn(-c2ccc(NCCNC(=O)C(C)Oc3ccccc3)nn2)n1. The lowest BCUT2D eigenvalue weighted by atomic mass is 10.3. The predicted molar refractivity (Wildman–Crippen MR) is 102 cm³/mol. The van der Waals surface area contributed by atoms with E-state index in [0.29, 0.717) is 30.5 Å². The number of nitrogens with one attached hydrogen (secondary N) is 2. The highest BCUT2D eigenvalue weighted by atomic mass is 16.5. The van der Waals surface area contributed by atoms with Crippen LogP contribution in [0.3, 0.4) is 0 Å². The highest BCUT2D eigenvalue weighted by Crippen LogP contribution is 2.10. The predicted octanol–water partition coefficient (Wildman–Crippen LogP) is 1.97. The molecule has 2 heterocycles. The number of benzene rings is 1. The van der Waals surface area contributed by atoms with E-state index in [0.717, 1.165) is 5.69 Å². The van der Waals surface area contributed by atoms with E-state index in [1.165, 1.54) is 0 Å². The zero-order valence-corrected chi connectivity index (χ0v) is 15.3. The molecule has 1 aromatic carbocycles. The molecule has 1 unspecified atom stereocenters. The minimum atomic E-state index is -0.566. The molecule has 0 spiro atoms. The maximum Gasteiger partial charge on any atom is 0.260 e. The lowest BCUT2D eigenvalue weighted by Crippen LogP contribution is -2.38. The Morgan fingerprint density at radius 3 is 2.59 bits per heavy atom. The Morgan fingerprint density at radius 2 is 1.93 bits per heavy atom. The third-order valence-corrected chi connectivity index (χ3v) is 3.76. The van der Waals surface area contributed by atoms with Crippen molar-refractivity contribution in [2.24, 2.45) is 0 Å². The first-order valence-corrected chi connectivity index (χ1v) is 8.71. The smallest absolute Gasteiger partial charge is 0.260 e. The molecule has 140 valence electrons. The summed E-state index contributed by atoms with van der Waals surface area (Å²) in [5.41, 5.74) is 0.917. The Hall–Kier alpha value is -3.42. The summed E-state index contributed by atoms with van der Waals surface area (Å²) in [5, 5.41) is 18.5.